The second kappa shape index (κ2) is 4.45. The largest absolute Gasteiger partial charge is 0.392 e. The Balaban J connectivity index is 2.50. The molecule has 0 spiro atoms. The molecule has 0 bridgehead atoms. The van der Waals surface area contributed by atoms with Crippen LogP contribution < -0.4 is 0 Å². The number of hydrogen-bond donors (Lipinski definition) is 1. The van der Waals surface area contributed by atoms with Crippen molar-refractivity contribution in [3.63, 3.8) is 0 Å². The smallest absolute Gasteiger partial charge is 0.0684 e. The zero-order chi connectivity index (χ0) is 11.5. The third-order valence-corrected chi connectivity index (χ3v) is 2.86. The Hall–Kier alpha value is -1.67. The Labute approximate surface area is 95.6 Å². The molecule has 0 aliphatic heterocycles. The van der Waals surface area contributed by atoms with Gasteiger partial charge in [0.15, 0.2) is 0 Å². The van der Waals surface area contributed by atoms with E-state index in [9.17, 15) is 0 Å². The number of nitrogens with zero attached hydrogens (tertiary/aromatic N) is 1. The number of rotatable bonds is 2. The van der Waals surface area contributed by atoms with E-state index < -0.39 is 0 Å². The van der Waals surface area contributed by atoms with Crippen molar-refractivity contribution in [2.24, 2.45) is 0 Å². The number of pyridine rings is 1. The molecule has 0 atom stereocenters. The first-order valence-electron chi connectivity index (χ1n) is 5.33. The van der Waals surface area contributed by atoms with Crippen molar-refractivity contribution >= 4 is 0 Å². The summed E-state index contributed by atoms with van der Waals surface area (Å²) in [5, 5.41) is 9.12. The first-order chi connectivity index (χ1) is 7.72. The normalized spacial score (nSPS) is 10.4. The van der Waals surface area contributed by atoms with Gasteiger partial charge < -0.3 is 5.11 Å². The minimum absolute atomic E-state index is 0.0954. The van der Waals surface area contributed by atoms with Crippen LogP contribution in [0.15, 0.2) is 36.7 Å². The van der Waals surface area contributed by atoms with Gasteiger partial charge in [0.1, 0.15) is 0 Å². The molecule has 0 fully saturated rings. The van der Waals surface area contributed by atoms with Crippen molar-refractivity contribution in [3.05, 3.63) is 53.3 Å². The van der Waals surface area contributed by atoms with Gasteiger partial charge in [0.05, 0.1) is 6.61 Å². The van der Waals surface area contributed by atoms with Gasteiger partial charge in [0, 0.05) is 18.0 Å². The van der Waals surface area contributed by atoms with Gasteiger partial charge in [0.2, 0.25) is 0 Å². The average Bonchev–Trinajstić information content (AvgIpc) is 2.29. The Morgan fingerprint density at radius 2 is 1.94 bits per heavy atom. The molecule has 1 N–H and O–H groups in total. The fraction of sp³-hybridized carbons (Fsp3) is 0.214. The van der Waals surface area contributed by atoms with Gasteiger partial charge >= 0.3 is 0 Å². The maximum Gasteiger partial charge on any atom is 0.0684 e. The van der Waals surface area contributed by atoms with Gasteiger partial charge in [-0.2, -0.15) is 0 Å². The van der Waals surface area contributed by atoms with Crippen molar-refractivity contribution in [1.29, 1.82) is 0 Å². The molecule has 0 aliphatic carbocycles. The zero-order valence-electron chi connectivity index (χ0n) is 9.57. The molecule has 1 heterocycles. The summed E-state index contributed by atoms with van der Waals surface area (Å²) in [6, 6.07) is 8.10. The lowest BCUT2D eigenvalue weighted by Crippen LogP contribution is -1.91. The van der Waals surface area contributed by atoms with Crippen molar-refractivity contribution in [3.8, 4) is 11.1 Å². The van der Waals surface area contributed by atoms with Crippen molar-refractivity contribution in [1.82, 2.24) is 4.98 Å². The van der Waals surface area contributed by atoms with Gasteiger partial charge in [-0.3, -0.25) is 4.98 Å². The number of aliphatic hydroxyl groups is 1. The van der Waals surface area contributed by atoms with Gasteiger partial charge in [-0.15, -0.1) is 0 Å². The Kier molecular flexibility index (Phi) is 3.02. The molecule has 0 unspecified atom stereocenters. The van der Waals surface area contributed by atoms with Crippen LogP contribution in [0.5, 0.6) is 0 Å². The summed E-state index contributed by atoms with van der Waals surface area (Å²) in [5.74, 6) is 0. The third-order valence-electron chi connectivity index (χ3n) is 2.86. The van der Waals surface area contributed by atoms with E-state index in [1.807, 2.05) is 31.3 Å². The number of aryl methyl sites for hydroxylation is 2. The molecule has 1 aromatic carbocycles. The van der Waals surface area contributed by atoms with E-state index in [0.29, 0.717) is 0 Å². The molecule has 2 rings (SSSR count). The summed E-state index contributed by atoms with van der Waals surface area (Å²) in [7, 11) is 0. The lowest BCUT2D eigenvalue weighted by Gasteiger charge is -2.08. The molecular formula is C14H15NO. The second-order valence-corrected chi connectivity index (χ2v) is 3.99. The van der Waals surface area contributed by atoms with E-state index in [0.717, 1.165) is 22.3 Å². The average molecular weight is 213 g/mol. The molecule has 16 heavy (non-hydrogen) atoms. The van der Waals surface area contributed by atoms with Crippen LogP contribution in [-0.2, 0) is 6.61 Å². The Morgan fingerprint density at radius 3 is 2.56 bits per heavy atom. The third kappa shape index (κ3) is 1.97. The summed E-state index contributed by atoms with van der Waals surface area (Å²) < 4.78 is 0. The number of hydrogen-bond acceptors (Lipinski definition) is 2. The maximum atomic E-state index is 9.12. The molecule has 0 radical (unpaired) electrons. The number of aliphatic hydroxyl groups excluding tert-OH is 1. The fourth-order valence-corrected chi connectivity index (χ4v) is 1.81. The van der Waals surface area contributed by atoms with Crippen LogP contribution in [0.2, 0.25) is 0 Å². The topological polar surface area (TPSA) is 33.1 Å². The minimum Gasteiger partial charge on any atom is -0.392 e. The van der Waals surface area contributed by atoms with Crippen LogP contribution in [0.1, 0.15) is 16.7 Å². The highest BCUT2D eigenvalue weighted by atomic mass is 16.3. The highest BCUT2D eigenvalue weighted by Gasteiger charge is 2.03. The highest BCUT2D eigenvalue weighted by molar-refractivity contribution is 5.67. The summed E-state index contributed by atoms with van der Waals surface area (Å²) in [6.07, 6.45) is 3.68. The quantitative estimate of drug-likeness (QED) is 0.832. The lowest BCUT2D eigenvalue weighted by molar-refractivity contribution is 0.281. The summed E-state index contributed by atoms with van der Waals surface area (Å²) in [6.45, 7) is 4.19. The van der Waals surface area contributed by atoms with Gasteiger partial charge in [-0.25, -0.2) is 0 Å². The van der Waals surface area contributed by atoms with Crippen LogP contribution in [0.4, 0.5) is 0 Å². The van der Waals surface area contributed by atoms with Gasteiger partial charge in [0.25, 0.3) is 0 Å². The van der Waals surface area contributed by atoms with E-state index in [4.69, 9.17) is 5.11 Å². The molecular weight excluding hydrogens is 198 g/mol. The van der Waals surface area contributed by atoms with Crippen molar-refractivity contribution < 1.29 is 5.11 Å². The number of benzene rings is 1. The molecule has 2 nitrogen and oxygen atoms in total. The first kappa shape index (κ1) is 10.8. The molecule has 0 amide bonds. The minimum atomic E-state index is 0.0954. The van der Waals surface area contributed by atoms with Crippen LogP contribution in [0.3, 0.4) is 0 Å². The predicted octanol–water partition coefficient (Wildman–Crippen LogP) is 2.86. The number of aromatic nitrogens is 1. The van der Waals surface area contributed by atoms with E-state index >= 15 is 0 Å². The van der Waals surface area contributed by atoms with Crippen LogP contribution in [0, 0.1) is 13.8 Å². The first-order valence-corrected chi connectivity index (χ1v) is 5.33. The molecule has 0 saturated carbocycles. The van der Waals surface area contributed by atoms with Crippen molar-refractivity contribution in [2.45, 2.75) is 20.5 Å². The Morgan fingerprint density at radius 1 is 1.12 bits per heavy atom. The van der Waals surface area contributed by atoms with Gasteiger partial charge in [-0.05, 0) is 42.2 Å². The molecule has 2 aromatic rings. The van der Waals surface area contributed by atoms with Crippen LogP contribution in [0.25, 0.3) is 11.1 Å². The molecule has 0 saturated heterocycles. The van der Waals surface area contributed by atoms with E-state index in [1.54, 1.807) is 6.20 Å². The second-order valence-electron chi connectivity index (χ2n) is 3.99. The van der Waals surface area contributed by atoms with Gasteiger partial charge in [-0.1, -0.05) is 18.2 Å². The van der Waals surface area contributed by atoms with E-state index in [1.165, 1.54) is 5.56 Å². The van der Waals surface area contributed by atoms with Crippen molar-refractivity contribution in [2.75, 3.05) is 0 Å². The molecule has 2 heteroatoms. The standard InChI is InChI=1S/C14H15NO/c1-10-5-6-15-8-14(10)12-3-4-13(9-16)11(2)7-12/h3-8,16H,9H2,1-2H3. The zero-order valence-corrected chi connectivity index (χ0v) is 9.57. The molecule has 0 aliphatic rings. The summed E-state index contributed by atoms with van der Waals surface area (Å²) in [4.78, 5) is 4.14. The Bertz CT molecular complexity index is 506. The lowest BCUT2D eigenvalue weighted by atomic mass is 9.99. The monoisotopic (exact) mass is 213 g/mol. The highest BCUT2D eigenvalue weighted by Crippen LogP contribution is 2.24. The molecule has 1 aromatic heterocycles. The van der Waals surface area contributed by atoms with E-state index in [-0.39, 0.29) is 6.61 Å². The van der Waals surface area contributed by atoms with Crippen LogP contribution in [-0.4, -0.2) is 10.1 Å². The summed E-state index contributed by atoms with van der Waals surface area (Å²) in [5.41, 5.74) is 5.61. The van der Waals surface area contributed by atoms with Crippen LogP contribution >= 0.6 is 0 Å². The predicted molar refractivity (Wildman–Crippen MR) is 65.1 cm³/mol. The summed E-state index contributed by atoms with van der Waals surface area (Å²) >= 11 is 0. The fourth-order valence-electron chi connectivity index (χ4n) is 1.81. The maximum absolute atomic E-state index is 9.12. The SMILES string of the molecule is Cc1cc(-c2cnccc2C)ccc1CO. The van der Waals surface area contributed by atoms with E-state index in [2.05, 4.69) is 18.0 Å². The molecule has 82 valence electrons.